The Morgan fingerprint density at radius 2 is 1.92 bits per heavy atom. The summed E-state index contributed by atoms with van der Waals surface area (Å²) in [7, 11) is 5.56. The quantitative estimate of drug-likeness (QED) is 0.322. The predicted octanol–water partition coefficient (Wildman–Crippen LogP) is 2.46. The number of aromatic amines is 1. The van der Waals surface area contributed by atoms with Gasteiger partial charge in [0.05, 0.1) is 42.3 Å². The van der Waals surface area contributed by atoms with Crippen LogP contribution < -0.4 is 10.6 Å². The number of hydrogen-bond donors (Lipinski definition) is 3. The van der Waals surface area contributed by atoms with Gasteiger partial charge in [0, 0.05) is 38.5 Å². The van der Waals surface area contributed by atoms with Gasteiger partial charge in [-0.25, -0.2) is 19.3 Å². The molecular weight excluding hydrogens is 493 g/mol. The normalized spacial score (nSPS) is 19.5. The summed E-state index contributed by atoms with van der Waals surface area (Å²) in [5.74, 6) is 0.380. The average molecular weight is 528 g/mol. The average Bonchev–Trinajstić information content (AvgIpc) is 3.35. The van der Waals surface area contributed by atoms with Crippen LogP contribution in [0.3, 0.4) is 0 Å². The van der Waals surface area contributed by atoms with E-state index in [0.717, 1.165) is 6.54 Å². The second-order valence-electron chi connectivity index (χ2n) is 9.61. The third-order valence-corrected chi connectivity index (χ3v) is 6.06. The number of carbonyl (C=O) groups is 1. The number of anilines is 1. The third-order valence-electron chi connectivity index (χ3n) is 6.06. The lowest BCUT2D eigenvalue weighted by atomic mass is 9.91. The molecule has 3 heterocycles. The molecule has 0 radical (unpaired) electrons. The molecule has 11 nitrogen and oxygen atoms in total. The third kappa shape index (κ3) is 6.70. The number of amides is 1. The lowest BCUT2D eigenvalue weighted by Gasteiger charge is -2.35. The molecule has 3 aromatic rings. The van der Waals surface area contributed by atoms with E-state index in [1.165, 1.54) is 12.1 Å². The van der Waals surface area contributed by atoms with Crippen LogP contribution >= 0.6 is 0 Å². The monoisotopic (exact) mass is 527 g/mol. The molecule has 1 saturated heterocycles. The van der Waals surface area contributed by atoms with Crippen LogP contribution in [0.2, 0.25) is 0 Å². The van der Waals surface area contributed by atoms with Gasteiger partial charge in [-0.3, -0.25) is 4.79 Å². The van der Waals surface area contributed by atoms with Crippen molar-refractivity contribution < 1.29 is 23.4 Å². The van der Waals surface area contributed by atoms with Crippen LogP contribution in [-0.2, 0) is 19.0 Å². The number of hydrogen-bond acceptors (Lipinski definition) is 9. The van der Waals surface area contributed by atoms with Crippen LogP contribution in [0.4, 0.5) is 10.3 Å². The molecule has 2 aromatic heterocycles. The van der Waals surface area contributed by atoms with E-state index in [1.807, 2.05) is 14.1 Å². The SMILES string of the molecule is COCCNC(=O)C1(C)COC(c2nc(-c3ccc(F)cc3)c(-c3ccnc(NCCN(C)C)n3)[nH]2)OC1. The largest absolute Gasteiger partial charge is 0.383 e. The standard InChI is InChI=1S/C26H34FN7O4/c1-26(24(35)28-12-14-36-4)15-37-23(38-16-26)22-32-20(17-5-7-18(27)8-6-17)21(33-22)19-9-10-29-25(31-19)30-11-13-34(2)3/h5-10,23H,11-16H2,1-4H3,(H,28,35)(H,32,33)(H,29,30,31). The van der Waals surface area contributed by atoms with Gasteiger partial charge in [0.2, 0.25) is 18.1 Å². The fraction of sp³-hybridized carbons (Fsp3) is 0.462. The number of nitrogens with zero attached hydrogens (tertiary/aromatic N) is 4. The number of benzene rings is 1. The van der Waals surface area contributed by atoms with E-state index in [-0.39, 0.29) is 24.9 Å². The van der Waals surface area contributed by atoms with E-state index in [9.17, 15) is 9.18 Å². The number of nitrogens with one attached hydrogen (secondary N) is 3. The fourth-order valence-electron chi connectivity index (χ4n) is 3.86. The first-order valence-corrected chi connectivity index (χ1v) is 12.4. The molecule has 4 rings (SSSR count). The van der Waals surface area contributed by atoms with Crippen LogP contribution in [0, 0.1) is 11.2 Å². The van der Waals surface area contributed by atoms with E-state index < -0.39 is 11.7 Å². The summed E-state index contributed by atoms with van der Waals surface area (Å²) < 4.78 is 30.5. The van der Waals surface area contributed by atoms with Crippen molar-refractivity contribution in [3.8, 4) is 22.6 Å². The molecule has 1 fully saturated rings. The maximum atomic E-state index is 13.6. The topological polar surface area (TPSA) is 127 Å². The van der Waals surface area contributed by atoms with Gasteiger partial charge in [0.15, 0.2) is 5.82 Å². The number of H-pyrrole nitrogens is 1. The highest BCUT2D eigenvalue weighted by atomic mass is 19.1. The van der Waals surface area contributed by atoms with Gasteiger partial charge in [-0.1, -0.05) is 0 Å². The van der Waals surface area contributed by atoms with Crippen molar-refractivity contribution in [2.24, 2.45) is 5.41 Å². The van der Waals surface area contributed by atoms with Crippen molar-refractivity contribution >= 4 is 11.9 Å². The summed E-state index contributed by atoms with van der Waals surface area (Å²) in [6.07, 6.45) is 0.846. The smallest absolute Gasteiger partial charge is 0.230 e. The van der Waals surface area contributed by atoms with Crippen LogP contribution in [0.15, 0.2) is 36.5 Å². The van der Waals surface area contributed by atoms with Gasteiger partial charge in [-0.05, 0) is 51.4 Å². The highest BCUT2D eigenvalue weighted by Gasteiger charge is 2.40. The van der Waals surface area contributed by atoms with E-state index >= 15 is 0 Å². The molecule has 204 valence electrons. The summed E-state index contributed by atoms with van der Waals surface area (Å²) in [6, 6.07) is 7.83. The van der Waals surface area contributed by atoms with Gasteiger partial charge >= 0.3 is 0 Å². The molecule has 0 bridgehead atoms. The number of rotatable bonds is 11. The van der Waals surface area contributed by atoms with Gasteiger partial charge in [0.25, 0.3) is 0 Å². The number of methoxy groups -OCH3 is 1. The van der Waals surface area contributed by atoms with Gasteiger partial charge in [-0.15, -0.1) is 0 Å². The summed E-state index contributed by atoms with van der Waals surface area (Å²) in [5, 5.41) is 6.05. The molecule has 0 saturated carbocycles. The maximum Gasteiger partial charge on any atom is 0.230 e. The molecule has 38 heavy (non-hydrogen) atoms. The van der Waals surface area contributed by atoms with Gasteiger partial charge < -0.3 is 34.7 Å². The summed E-state index contributed by atoms with van der Waals surface area (Å²) >= 11 is 0. The zero-order valence-electron chi connectivity index (χ0n) is 22.1. The number of carbonyl (C=O) groups excluding carboxylic acids is 1. The van der Waals surface area contributed by atoms with Gasteiger partial charge in [-0.2, -0.15) is 0 Å². The molecule has 1 aliphatic rings. The fourth-order valence-corrected chi connectivity index (χ4v) is 3.86. The predicted molar refractivity (Wildman–Crippen MR) is 140 cm³/mol. The molecule has 0 unspecified atom stereocenters. The number of imidazole rings is 1. The Hall–Kier alpha value is -3.45. The van der Waals surface area contributed by atoms with E-state index in [0.29, 0.717) is 54.1 Å². The number of aromatic nitrogens is 4. The van der Waals surface area contributed by atoms with Crippen LogP contribution in [0.5, 0.6) is 0 Å². The molecule has 1 amide bonds. The number of likely N-dealkylation sites (N-methyl/N-ethyl adjacent to an activating group) is 1. The van der Waals surface area contributed by atoms with E-state index in [1.54, 1.807) is 38.4 Å². The molecule has 0 aliphatic carbocycles. The highest BCUT2D eigenvalue weighted by molar-refractivity contribution is 5.82. The summed E-state index contributed by atoms with van der Waals surface area (Å²) in [6.45, 7) is 4.40. The molecular formula is C26H34FN7O4. The molecule has 1 aromatic carbocycles. The first-order chi connectivity index (χ1) is 18.3. The number of halogens is 1. The highest BCUT2D eigenvalue weighted by Crippen LogP contribution is 2.35. The lowest BCUT2D eigenvalue weighted by molar-refractivity contribution is -0.231. The van der Waals surface area contributed by atoms with Crippen molar-refractivity contribution in [1.29, 1.82) is 0 Å². The van der Waals surface area contributed by atoms with E-state index in [2.05, 4.69) is 30.5 Å². The molecule has 0 atom stereocenters. The van der Waals surface area contributed by atoms with Crippen molar-refractivity contribution in [3.05, 3.63) is 48.2 Å². The van der Waals surface area contributed by atoms with Crippen LogP contribution in [0.25, 0.3) is 22.6 Å². The van der Waals surface area contributed by atoms with E-state index in [4.69, 9.17) is 19.2 Å². The Morgan fingerprint density at radius 1 is 1.18 bits per heavy atom. The number of ether oxygens (including phenoxy) is 3. The first kappa shape index (κ1) is 27.6. The zero-order valence-corrected chi connectivity index (χ0v) is 22.1. The zero-order chi connectivity index (χ0) is 27.1. The second kappa shape index (κ2) is 12.4. The van der Waals surface area contributed by atoms with Crippen LogP contribution in [-0.4, -0.2) is 91.4 Å². The van der Waals surface area contributed by atoms with Crippen molar-refractivity contribution in [3.63, 3.8) is 0 Å². The Kier molecular flexibility index (Phi) is 9.00. The summed E-state index contributed by atoms with van der Waals surface area (Å²) in [4.78, 5) is 31.7. The Balaban J connectivity index is 1.57. The first-order valence-electron chi connectivity index (χ1n) is 12.4. The minimum absolute atomic E-state index is 0.145. The lowest BCUT2D eigenvalue weighted by Crippen LogP contribution is -2.49. The minimum Gasteiger partial charge on any atom is -0.383 e. The Labute approximate surface area is 221 Å². The maximum absolute atomic E-state index is 13.6. The molecule has 3 N–H and O–H groups in total. The second-order valence-corrected chi connectivity index (χ2v) is 9.61. The Bertz CT molecular complexity index is 1210. The summed E-state index contributed by atoms with van der Waals surface area (Å²) in [5.41, 5.74) is 1.63. The Morgan fingerprint density at radius 3 is 2.61 bits per heavy atom. The van der Waals surface area contributed by atoms with Crippen molar-refractivity contribution in [1.82, 2.24) is 30.2 Å². The van der Waals surface area contributed by atoms with Crippen molar-refractivity contribution in [2.75, 3.05) is 66.0 Å². The molecule has 12 heteroatoms. The molecule has 1 aliphatic heterocycles. The minimum atomic E-state index is -0.848. The van der Waals surface area contributed by atoms with Crippen molar-refractivity contribution in [2.45, 2.75) is 13.2 Å². The van der Waals surface area contributed by atoms with Gasteiger partial charge in [0.1, 0.15) is 5.82 Å². The molecule has 0 spiro atoms. The van der Waals surface area contributed by atoms with Crippen LogP contribution in [0.1, 0.15) is 19.0 Å².